The van der Waals surface area contributed by atoms with Crippen molar-refractivity contribution in [1.29, 1.82) is 0 Å². The van der Waals surface area contributed by atoms with Crippen LogP contribution >= 0.6 is 0 Å². The molecule has 1 saturated carbocycles. The first-order valence-electron chi connectivity index (χ1n) is 6.96. The van der Waals surface area contributed by atoms with Crippen molar-refractivity contribution in [2.45, 2.75) is 77.2 Å². The average molecular weight is 226 g/mol. The summed E-state index contributed by atoms with van der Waals surface area (Å²) in [6.07, 6.45) is 10.5. The van der Waals surface area contributed by atoms with Crippen LogP contribution in [0.5, 0.6) is 0 Å². The molecule has 0 amide bonds. The second kappa shape index (κ2) is 7.83. The van der Waals surface area contributed by atoms with E-state index in [1.165, 1.54) is 32.1 Å². The summed E-state index contributed by atoms with van der Waals surface area (Å²) < 4.78 is 0. The highest BCUT2D eigenvalue weighted by molar-refractivity contribution is 5.83. The summed E-state index contributed by atoms with van der Waals surface area (Å²) in [5.41, 5.74) is 0. The number of hydrogen-bond acceptors (Lipinski definition) is 2. The lowest BCUT2D eigenvalue weighted by Crippen LogP contribution is -2.23. The number of ketones is 1. The molecule has 1 aliphatic carbocycles. The summed E-state index contributed by atoms with van der Waals surface area (Å²) in [4.78, 5) is 11.4. The molecule has 2 unspecified atom stereocenters. The normalized spacial score (nSPS) is 22.6. The number of rotatable bonds is 8. The minimum absolute atomic E-state index is 0.0318. The molecule has 2 heteroatoms. The van der Waals surface area contributed by atoms with Crippen LogP contribution in [0, 0.1) is 5.92 Å². The fourth-order valence-corrected chi connectivity index (χ4v) is 2.58. The van der Waals surface area contributed by atoms with Gasteiger partial charge in [-0.05, 0) is 19.3 Å². The minimum Gasteiger partial charge on any atom is -0.392 e. The van der Waals surface area contributed by atoms with Gasteiger partial charge in [0.25, 0.3) is 0 Å². The van der Waals surface area contributed by atoms with E-state index in [4.69, 9.17) is 0 Å². The number of aliphatic hydroxyl groups is 1. The Morgan fingerprint density at radius 3 is 2.56 bits per heavy atom. The summed E-state index contributed by atoms with van der Waals surface area (Å²) in [5, 5.41) is 9.90. The Labute approximate surface area is 99.4 Å². The number of hydrogen-bond donors (Lipinski definition) is 1. The summed E-state index contributed by atoms with van der Waals surface area (Å²) in [7, 11) is 0. The van der Waals surface area contributed by atoms with E-state index >= 15 is 0 Å². The van der Waals surface area contributed by atoms with E-state index in [0.29, 0.717) is 12.2 Å². The summed E-state index contributed by atoms with van der Waals surface area (Å²) in [6.45, 7) is 2.22. The monoisotopic (exact) mass is 226 g/mol. The predicted octanol–water partition coefficient (Wildman–Crippen LogP) is 3.47. The van der Waals surface area contributed by atoms with Crippen molar-refractivity contribution in [3.05, 3.63) is 0 Å². The van der Waals surface area contributed by atoms with Gasteiger partial charge in [0.15, 0.2) is 0 Å². The third kappa shape index (κ3) is 4.65. The molecular formula is C14H26O2. The van der Waals surface area contributed by atoms with E-state index in [-0.39, 0.29) is 12.0 Å². The first-order valence-corrected chi connectivity index (χ1v) is 6.96. The molecule has 1 rings (SSSR count). The van der Waals surface area contributed by atoms with Gasteiger partial charge in [-0.1, -0.05) is 45.4 Å². The number of aliphatic hydroxyl groups excluding tert-OH is 1. The van der Waals surface area contributed by atoms with Gasteiger partial charge in [0.1, 0.15) is 5.78 Å². The van der Waals surface area contributed by atoms with Crippen LogP contribution in [0.15, 0.2) is 0 Å². The molecule has 1 aliphatic rings. The van der Waals surface area contributed by atoms with Crippen molar-refractivity contribution in [2.24, 2.45) is 5.92 Å². The largest absolute Gasteiger partial charge is 0.392 e. The highest BCUT2D eigenvalue weighted by atomic mass is 16.3. The van der Waals surface area contributed by atoms with Gasteiger partial charge in [-0.25, -0.2) is 0 Å². The van der Waals surface area contributed by atoms with E-state index in [1.54, 1.807) is 0 Å². The highest BCUT2D eigenvalue weighted by Crippen LogP contribution is 2.26. The number of Topliss-reactive ketones (excluding diaryl/α,β-unsaturated/α-hetero) is 1. The molecule has 1 N–H and O–H groups in total. The Kier molecular flexibility index (Phi) is 6.70. The maximum absolute atomic E-state index is 11.4. The van der Waals surface area contributed by atoms with Crippen molar-refractivity contribution in [1.82, 2.24) is 0 Å². The molecule has 0 aromatic carbocycles. The minimum atomic E-state index is -0.360. The fraction of sp³-hybridized carbons (Fsp3) is 0.929. The maximum atomic E-state index is 11.4. The fourth-order valence-electron chi connectivity index (χ4n) is 2.58. The smallest absolute Gasteiger partial charge is 0.138 e. The molecule has 0 saturated heterocycles. The lowest BCUT2D eigenvalue weighted by molar-refractivity contribution is -0.123. The van der Waals surface area contributed by atoms with Gasteiger partial charge in [-0.2, -0.15) is 0 Å². The third-order valence-corrected chi connectivity index (χ3v) is 3.67. The molecule has 0 heterocycles. The summed E-state index contributed by atoms with van der Waals surface area (Å²) in [6, 6.07) is 0. The molecule has 16 heavy (non-hydrogen) atoms. The van der Waals surface area contributed by atoms with E-state index in [9.17, 15) is 9.90 Å². The number of unbranched alkanes of at least 4 members (excludes halogenated alkanes) is 5. The van der Waals surface area contributed by atoms with Crippen LogP contribution in [0.3, 0.4) is 0 Å². The predicted molar refractivity (Wildman–Crippen MR) is 66.3 cm³/mol. The second-order valence-electron chi connectivity index (χ2n) is 5.09. The molecule has 0 bridgehead atoms. The Hall–Kier alpha value is -0.370. The third-order valence-electron chi connectivity index (χ3n) is 3.67. The molecule has 1 fully saturated rings. The maximum Gasteiger partial charge on any atom is 0.138 e. The topological polar surface area (TPSA) is 37.3 Å². The van der Waals surface area contributed by atoms with Gasteiger partial charge >= 0.3 is 0 Å². The zero-order chi connectivity index (χ0) is 11.8. The van der Waals surface area contributed by atoms with Crippen LogP contribution < -0.4 is 0 Å². The van der Waals surface area contributed by atoms with Crippen LogP contribution in [0.2, 0.25) is 0 Å². The van der Waals surface area contributed by atoms with E-state index in [1.807, 2.05) is 0 Å². The van der Waals surface area contributed by atoms with Crippen LogP contribution in [-0.2, 0) is 4.79 Å². The zero-order valence-electron chi connectivity index (χ0n) is 10.6. The Balaban J connectivity index is 2.01. The molecule has 0 aromatic rings. The molecule has 0 radical (unpaired) electrons. The number of carbonyl (C=O) groups excluding carboxylic acids is 1. The number of carbonyl (C=O) groups is 1. The lowest BCUT2D eigenvalue weighted by atomic mass is 9.95. The van der Waals surface area contributed by atoms with Crippen molar-refractivity contribution in [2.75, 3.05) is 0 Å². The second-order valence-corrected chi connectivity index (χ2v) is 5.09. The van der Waals surface area contributed by atoms with Crippen LogP contribution in [-0.4, -0.2) is 17.0 Å². The summed E-state index contributed by atoms with van der Waals surface area (Å²) >= 11 is 0. The van der Waals surface area contributed by atoms with Gasteiger partial charge in [-0.15, -0.1) is 0 Å². The van der Waals surface area contributed by atoms with Gasteiger partial charge in [0.05, 0.1) is 6.10 Å². The Bertz CT molecular complexity index is 201. The van der Waals surface area contributed by atoms with Crippen LogP contribution in [0.1, 0.15) is 71.1 Å². The molecule has 0 aromatic heterocycles. The molecule has 0 spiro atoms. The van der Waals surface area contributed by atoms with E-state index in [0.717, 1.165) is 25.7 Å². The molecular weight excluding hydrogens is 200 g/mol. The van der Waals surface area contributed by atoms with Gasteiger partial charge in [0.2, 0.25) is 0 Å². The van der Waals surface area contributed by atoms with Crippen LogP contribution in [0.4, 0.5) is 0 Å². The molecule has 2 nitrogen and oxygen atoms in total. The summed E-state index contributed by atoms with van der Waals surface area (Å²) in [5.74, 6) is 0.258. The standard InChI is InChI=1S/C14H26O2/c1-2-3-4-5-6-7-10-13(15)12-9-8-11-14(12)16/h12-13,15H,2-11H2,1H3. The molecule has 2 atom stereocenters. The Morgan fingerprint density at radius 2 is 1.94 bits per heavy atom. The van der Waals surface area contributed by atoms with Crippen molar-refractivity contribution < 1.29 is 9.90 Å². The van der Waals surface area contributed by atoms with Crippen molar-refractivity contribution in [3.8, 4) is 0 Å². The first kappa shape index (κ1) is 13.7. The first-order chi connectivity index (χ1) is 7.75. The SMILES string of the molecule is CCCCCCCCC(O)C1CCCC1=O. The Morgan fingerprint density at radius 1 is 1.25 bits per heavy atom. The molecule has 94 valence electrons. The van der Waals surface area contributed by atoms with Gasteiger partial charge in [0, 0.05) is 12.3 Å². The van der Waals surface area contributed by atoms with Crippen LogP contribution in [0.25, 0.3) is 0 Å². The zero-order valence-corrected chi connectivity index (χ0v) is 10.6. The van der Waals surface area contributed by atoms with Gasteiger partial charge < -0.3 is 5.11 Å². The van der Waals surface area contributed by atoms with Gasteiger partial charge in [-0.3, -0.25) is 4.79 Å². The van der Waals surface area contributed by atoms with Crippen molar-refractivity contribution in [3.63, 3.8) is 0 Å². The molecule has 0 aliphatic heterocycles. The van der Waals surface area contributed by atoms with E-state index < -0.39 is 0 Å². The van der Waals surface area contributed by atoms with E-state index in [2.05, 4.69) is 6.92 Å². The quantitative estimate of drug-likeness (QED) is 0.643. The lowest BCUT2D eigenvalue weighted by Gasteiger charge is -2.16. The van der Waals surface area contributed by atoms with Crippen molar-refractivity contribution >= 4 is 5.78 Å². The average Bonchev–Trinajstić information content (AvgIpc) is 2.69. The highest BCUT2D eigenvalue weighted by Gasteiger charge is 2.30.